The maximum absolute atomic E-state index is 13.9. The van der Waals surface area contributed by atoms with E-state index >= 15 is 0 Å². The molecule has 26 heavy (non-hydrogen) atoms. The molecule has 0 bridgehead atoms. The summed E-state index contributed by atoms with van der Waals surface area (Å²) >= 11 is 0. The molecule has 1 fully saturated rings. The third-order valence-electron chi connectivity index (χ3n) is 4.31. The van der Waals surface area contributed by atoms with E-state index in [4.69, 9.17) is 4.74 Å². The molecule has 1 aliphatic rings. The van der Waals surface area contributed by atoms with Crippen LogP contribution in [-0.2, 0) is 9.59 Å². The van der Waals surface area contributed by atoms with E-state index in [9.17, 15) is 14.0 Å². The molecule has 2 amide bonds. The minimum Gasteiger partial charge on any atom is -0.495 e. The zero-order valence-electron chi connectivity index (χ0n) is 14.4. The van der Waals surface area contributed by atoms with Crippen LogP contribution in [0.4, 0.5) is 15.8 Å². The van der Waals surface area contributed by atoms with Gasteiger partial charge in [0.05, 0.1) is 18.5 Å². The minimum atomic E-state index is -0.714. The highest BCUT2D eigenvalue weighted by Crippen LogP contribution is 2.23. The Bertz CT molecular complexity index is 804. The topological polar surface area (TPSA) is 61.9 Å². The van der Waals surface area contributed by atoms with Crippen LogP contribution in [0.5, 0.6) is 5.75 Å². The average Bonchev–Trinajstić information content (AvgIpc) is 2.68. The molecule has 1 N–H and O–H groups in total. The first-order valence-electron chi connectivity index (χ1n) is 8.33. The van der Waals surface area contributed by atoms with E-state index in [1.54, 1.807) is 42.5 Å². The lowest BCUT2D eigenvalue weighted by molar-refractivity contribution is -0.143. The summed E-state index contributed by atoms with van der Waals surface area (Å²) in [7, 11) is 1.49. The Morgan fingerprint density at radius 2 is 1.65 bits per heavy atom. The molecule has 0 radical (unpaired) electrons. The van der Waals surface area contributed by atoms with E-state index in [1.807, 2.05) is 4.90 Å². The molecule has 0 spiro atoms. The van der Waals surface area contributed by atoms with Gasteiger partial charge in [-0.1, -0.05) is 24.3 Å². The van der Waals surface area contributed by atoms with E-state index in [-0.39, 0.29) is 5.82 Å². The van der Waals surface area contributed by atoms with E-state index < -0.39 is 11.8 Å². The van der Waals surface area contributed by atoms with E-state index in [2.05, 4.69) is 5.32 Å². The van der Waals surface area contributed by atoms with Gasteiger partial charge in [-0.25, -0.2) is 4.39 Å². The van der Waals surface area contributed by atoms with Crippen molar-refractivity contribution in [3.63, 3.8) is 0 Å². The van der Waals surface area contributed by atoms with Gasteiger partial charge in [0, 0.05) is 26.2 Å². The quantitative estimate of drug-likeness (QED) is 0.855. The van der Waals surface area contributed by atoms with Crippen LogP contribution in [-0.4, -0.2) is 50.0 Å². The van der Waals surface area contributed by atoms with Crippen molar-refractivity contribution in [3.8, 4) is 5.75 Å². The molecule has 2 aromatic carbocycles. The fraction of sp³-hybridized carbons (Fsp3) is 0.263. The number of rotatable bonds is 3. The molecule has 6 nitrogen and oxygen atoms in total. The zero-order valence-corrected chi connectivity index (χ0v) is 14.4. The van der Waals surface area contributed by atoms with Gasteiger partial charge in [-0.15, -0.1) is 0 Å². The molecular formula is C19H20FN3O3. The van der Waals surface area contributed by atoms with Gasteiger partial charge in [-0.2, -0.15) is 0 Å². The summed E-state index contributed by atoms with van der Waals surface area (Å²) in [6.45, 7) is 1.64. The van der Waals surface area contributed by atoms with Crippen molar-refractivity contribution in [2.24, 2.45) is 0 Å². The summed E-state index contributed by atoms with van der Waals surface area (Å²) in [6.07, 6.45) is 0. The van der Waals surface area contributed by atoms with Crippen LogP contribution in [0.15, 0.2) is 48.5 Å². The number of benzene rings is 2. The highest BCUT2D eigenvalue weighted by molar-refractivity contribution is 6.39. The van der Waals surface area contributed by atoms with Crippen LogP contribution < -0.4 is 15.0 Å². The van der Waals surface area contributed by atoms with Gasteiger partial charge < -0.3 is 19.9 Å². The van der Waals surface area contributed by atoms with Crippen LogP contribution >= 0.6 is 0 Å². The summed E-state index contributed by atoms with van der Waals surface area (Å²) < 4.78 is 19.0. The van der Waals surface area contributed by atoms with Gasteiger partial charge in [0.1, 0.15) is 11.6 Å². The Balaban J connectivity index is 1.60. The molecule has 1 aliphatic heterocycles. The number of hydrogen-bond donors (Lipinski definition) is 1. The van der Waals surface area contributed by atoms with Gasteiger partial charge in [-0.05, 0) is 24.3 Å². The first kappa shape index (κ1) is 17.7. The Morgan fingerprint density at radius 3 is 2.35 bits per heavy atom. The predicted molar refractivity (Wildman–Crippen MR) is 96.8 cm³/mol. The van der Waals surface area contributed by atoms with Crippen molar-refractivity contribution in [2.75, 3.05) is 43.5 Å². The van der Waals surface area contributed by atoms with Gasteiger partial charge >= 0.3 is 11.8 Å². The molecule has 2 aromatic rings. The Hall–Kier alpha value is -3.09. The lowest BCUT2D eigenvalue weighted by Gasteiger charge is -2.35. The number of methoxy groups -OCH3 is 1. The number of hydrogen-bond acceptors (Lipinski definition) is 4. The second-order valence-electron chi connectivity index (χ2n) is 5.89. The van der Waals surface area contributed by atoms with Gasteiger partial charge in [0.2, 0.25) is 0 Å². The lowest BCUT2D eigenvalue weighted by Crippen LogP contribution is -2.51. The maximum Gasteiger partial charge on any atom is 0.314 e. The van der Waals surface area contributed by atoms with Crippen molar-refractivity contribution in [1.82, 2.24) is 4.90 Å². The van der Waals surface area contributed by atoms with Crippen molar-refractivity contribution in [3.05, 3.63) is 54.3 Å². The maximum atomic E-state index is 13.9. The molecule has 1 heterocycles. The largest absolute Gasteiger partial charge is 0.495 e. The molecule has 0 aromatic heterocycles. The normalized spacial score (nSPS) is 14.1. The van der Waals surface area contributed by atoms with Crippen LogP contribution in [0.25, 0.3) is 0 Å². The Kier molecular flexibility index (Phi) is 5.36. The fourth-order valence-corrected chi connectivity index (χ4v) is 2.93. The number of piperazine rings is 1. The smallest absolute Gasteiger partial charge is 0.314 e. The monoisotopic (exact) mass is 357 g/mol. The van der Waals surface area contributed by atoms with Crippen molar-refractivity contribution in [2.45, 2.75) is 0 Å². The van der Waals surface area contributed by atoms with E-state index in [1.165, 1.54) is 18.1 Å². The number of carbonyl (C=O) groups is 2. The van der Waals surface area contributed by atoms with Gasteiger partial charge in [-0.3, -0.25) is 9.59 Å². The average molecular weight is 357 g/mol. The second-order valence-corrected chi connectivity index (χ2v) is 5.89. The van der Waals surface area contributed by atoms with Crippen LogP contribution in [0, 0.1) is 5.82 Å². The van der Waals surface area contributed by atoms with Gasteiger partial charge in [0.25, 0.3) is 0 Å². The number of nitrogens with one attached hydrogen (secondary N) is 1. The highest BCUT2D eigenvalue weighted by Gasteiger charge is 2.27. The summed E-state index contributed by atoms with van der Waals surface area (Å²) in [5.41, 5.74) is 0.955. The van der Waals surface area contributed by atoms with E-state index in [0.717, 1.165) is 0 Å². The van der Waals surface area contributed by atoms with Crippen molar-refractivity contribution in [1.29, 1.82) is 0 Å². The second kappa shape index (κ2) is 7.86. The first-order valence-corrected chi connectivity index (χ1v) is 8.33. The predicted octanol–water partition coefficient (Wildman–Crippen LogP) is 2.12. The summed E-state index contributed by atoms with van der Waals surface area (Å²) in [5.74, 6) is -1.13. The number of para-hydroxylation sites is 3. The SMILES string of the molecule is COc1ccccc1NC(=O)C(=O)N1CCN(c2ccccc2F)CC1. The number of halogens is 1. The van der Waals surface area contributed by atoms with E-state index in [0.29, 0.717) is 43.3 Å². The first-order chi connectivity index (χ1) is 12.6. The lowest BCUT2D eigenvalue weighted by atomic mass is 10.2. The molecule has 3 rings (SSSR count). The minimum absolute atomic E-state index is 0.291. The van der Waals surface area contributed by atoms with Crippen LogP contribution in [0.3, 0.4) is 0 Å². The molecule has 0 aliphatic carbocycles. The highest BCUT2D eigenvalue weighted by atomic mass is 19.1. The number of ether oxygens (including phenoxy) is 1. The van der Waals surface area contributed by atoms with Gasteiger partial charge in [0.15, 0.2) is 0 Å². The molecule has 7 heteroatoms. The number of nitrogens with zero attached hydrogens (tertiary/aromatic N) is 2. The Labute approximate surface area is 151 Å². The third kappa shape index (κ3) is 3.77. The molecule has 1 saturated heterocycles. The van der Waals surface area contributed by atoms with Crippen LogP contribution in [0.2, 0.25) is 0 Å². The van der Waals surface area contributed by atoms with Crippen molar-refractivity contribution >= 4 is 23.2 Å². The fourth-order valence-electron chi connectivity index (χ4n) is 2.93. The molecule has 0 unspecified atom stereocenters. The standard InChI is InChI=1S/C19H20FN3O3/c1-26-17-9-5-3-7-15(17)21-18(24)19(25)23-12-10-22(11-13-23)16-8-4-2-6-14(16)20/h2-9H,10-13H2,1H3,(H,21,24). The Morgan fingerprint density at radius 1 is 1.00 bits per heavy atom. The number of carbonyl (C=O) groups excluding carboxylic acids is 2. The molecule has 0 atom stereocenters. The van der Waals surface area contributed by atoms with Crippen molar-refractivity contribution < 1.29 is 18.7 Å². The summed E-state index contributed by atoms with van der Waals surface area (Å²) in [6, 6.07) is 13.4. The third-order valence-corrected chi connectivity index (χ3v) is 4.31. The number of amides is 2. The number of anilines is 2. The summed E-state index contributed by atoms with van der Waals surface area (Å²) in [5, 5.41) is 2.58. The van der Waals surface area contributed by atoms with Crippen LogP contribution in [0.1, 0.15) is 0 Å². The zero-order chi connectivity index (χ0) is 18.5. The molecule has 136 valence electrons. The molecule has 0 saturated carbocycles. The summed E-state index contributed by atoms with van der Waals surface area (Å²) in [4.78, 5) is 28.0. The molecular weight excluding hydrogens is 337 g/mol.